The maximum Gasteiger partial charge on any atom is 0.246 e. The molecule has 0 aliphatic carbocycles. The molecule has 0 aliphatic rings. The number of unbranched alkanes of at least 4 members (excludes halogenated alkanes) is 1. The Hall–Kier alpha value is -1.42. The van der Waals surface area contributed by atoms with Crippen LogP contribution in [0.2, 0.25) is 0 Å². The number of benzene rings is 1. The normalized spacial score (nSPS) is 12.2. The highest BCUT2D eigenvalue weighted by Gasteiger charge is 2.18. The van der Waals surface area contributed by atoms with Gasteiger partial charge in [-0.3, -0.25) is 10.0 Å². The number of hydroxylamine groups is 1. The molecule has 1 aromatic carbocycles. The molecule has 0 aliphatic heterocycles. The molecule has 1 aromatic rings. The molecular weight excluding hydrogens is 233 g/mol. The van der Waals surface area contributed by atoms with Crippen LogP contribution in [0, 0.1) is 18.7 Å². The number of carbonyl (C=O) groups excluding carboxylic acids is 1. The molecule has 0 aromatic heterocycles. The fraction of sp³-hybridized carbons (Fsp3) is 0.500. The van der Waals surface area contributed by atoms with Gasteiger partial charge in [-0.15, -0.1) is 0 Å². The molecule has 0 spiro atoms. The van der Waals surface area contributed by atoms with Crippen molar-refractivity contribution >= 4 is 5.91 Å². The van der Waals surface area contributed by atoms with E-state index in [0.29, 0.717) is 12.0 Å². The summed E-state index contributed by atoms with van der Waals surface area (Å²) in [7, 11) is 0. The van der Waals surface area contributed by atoms with Crippen LogP contribution in [0.3, 0.4) is 0 Å². The van der Waals surface area contributed by atoms with Crippen LogP contribution in [-0.4, -0.2) is 11.1 Å². The fourth-order valence-electron chi connectivity index (χ4n) is 1.99. The van der Waals surface area contributed by atoms with Crippen molar-refractivity contribution < 1.29 is 14.4 Å². The Morgan fingerprint density at radius 2 is 2.22 bits per heavy atom. The van der Waals surface area contributed by atoms with Crippen molar-refractivity contribution in [2.75, 3.05) is 0 Å². The number of nitrogens with one attached hydrogen (secondary N) is 1. The number of hydrogen-bond acceptors (Lipinski definition) is 2. The van der Waals surface area contributed by atoms with Gasteiger partial charge in [0.05, 0.1) is 0 Å². The van der Waals surface area contributed by atoms with Gasteiger partial charge in [0, 0.05) is 5.92 Å². The summed E-state index contributed by atoms with van der Waals surface area (Å²) in [6.45, 7) is 3.75. The Bertz CT molecular complexity index is 407. The molecule has 0 radical (unpaired) electrons. The van der Waals surface area contributed by atoms with Gasteiger partial charge in [0.1, 0.15) is 5.82 Å². The predicted molar refractivity (Wildman–Crippen MR) is 67.8 cm³/mol. The summed E-state index contributed by atoms with van der Waals surface area (Å²) < 4.78 is 13.1. The van der Waals surface area contributed by atoms with Gasteiger partial charge >= 0.3 is 0 Å². The van der Waals surface area contributed by atoms with E-state index in [0.717, 1.165) is 24.8 Å². The van der Waals surface area contributed by atoms with E-state index >= 15 is 0 Å². The van der Waals surface area contributed by atoms with Gasteiger partial charge in [0.15, 0.2) is 0 Å². The number of carbonyl (C=O) groups is 1. The van der Waals surface area contributed by atoms with Crippen LogP contribution in [0.5, 0.6) is 0 Å². The van der Waals surface area contributed by atoms with Crippen LogP contribution in [0.1, 0.15) is 37.3 Å². The van der Waals surface area contributed by atoms with Crippen molar-refractivity contribution in [1.29, 1.82) is 0 Å². The topological polar surface area (TPSA) is 49.3 Å². The second-order valence-electron chi connectivity index (χ2n) is 4.60. The molecule has 0 unspecified atom stereocenters. The van der Waals surface area contributed by atoms with E-state index in [1.54, 1.807) is 24.5 Å². The Labute approximate surface area is 107 Å². The van der Waals surface area contributed by atoms with Gasteiger partial charge in [0.25, 0.3) is 0 Å². The minimum Gasteiger partial charge on any atom is -0.289 e. The number of amides is 1. The van der Waals surface area contributed by atoms with Gasteiger partial charge in [-0.1, -0.05) is 31.9 Å². The lowest BCUT2D eigenvalue weighted by Crippen LogP contribution is -2.29. The molecular formula is C14H20FNO2. The van der Waals surface area contributed by atoms with Crippen LogP contribution in [0.15, 0.2) is 18.2 Å². The summed E-state index contributed by atoms with van der Waals surface area (Å²) >= 11 is 0. The Morgan fingerprint density at radius 1 is 1.50 bits per heavy atom. The second kappa shape index (κ2) is 7.11. The zero-order valence-corrected chi connectivity index (χ0v) is 10.9. The lowest BCUT2D eigenvalue weighted by Gasteiger charge is -2.14. The third kappa shape index (κ3) is 4.11. The Morgan fingerprint density at radius 3 is 2.78 bits per heavy atom. The molecule has 0 fully saturated rings. The summed E-state index contributed by atoms with van der Waals surface area (Å²) in [4.78, 5) is 11.5. The quantitative estimate of drug-likeness (QED) is 0.605. The highest BCUT2D eigenvalue weighted by Crippen LogP contribution is 2.18. The lowest BCUT2D eigenvalue weighted by atomic mass is 9.93. The first-order valence-corrected chi connectivity index (χ1v) is 6.27. The number of hydrogen-bond donors (Lipinski definition) is 2. The Kier molecular flexibility index (Phi) is 5.78. The summed E-state index contributed by atoms with van der Waals surface area (Å²) in [5.41, 5.74) is 3.20. The van der Waals surface area contributed by atoms with Crippen molar-refractivity contribution in [2.45, 2.75) is 39.5 Å². The second-order valence-corrected chi connectivity index (χ2v) is 4.60. The van der Waals surface area contributed by atoms with E-state index in [1.165, 1.54) is 6.07 Å². The van der Waals surface area contributed by atoms with Crippen LogP contribution in [-0.2, 0) is 11.2 Å². The van der Waals surface area contributed by atoms with Crippen molar-refractivity contribution in [3.05, 3.63) is 35.1 Å². The van der Waals surface area contributed by atoms with Crippen LogP contribution < -0.4 is 5.48 Å². The monoisotopic (exact) mass is 253 g/mol. The minimum atomic E-state index is -0.370. The molecule has 1 rings (SSSR count). The van der Waals surface area contributed by atoms with Gasteiger partial charge in [-0.05, 0) is 37.0 Å². The summed E-state index contributed by atoms with van der Waals surface area (Å²) in [5, 5.41) is 8.72. The number of aryl methyl sites for hydroxylation is 1. The van der Waals surface area contributed by atoms with Crippen LogP contribution in [0.4, 0.5) is 4.39 Å². The minimum absolute atomic E-state index is 0.240. The number of rotatable bonds is 6. The highest BCUT2D eigenvalue weighted by atomic mass is 19.1. The van der Waals surface area contributed by atoms with Crippen molar-refractivity contribution in [3.8, 4) is 0 Å². The third-order valence-corrected chi connectivity index (χ3v) is 3.09. The molecule has 1 amide bonds. The maximum absolute atomic E-state index is 13.1. The van der Waals surface area contributed by atoms with E-state index in [9.17, 15) is 9.18 Å². The lowest BCUT2D eigenvalue weighted by molar-refractivity contribution is -0.133. The molecule has 0 saturated carbocycles. The van der Waals surface area contributed by atoms with Crippen LogP contribution >= 0.6 is 0 Å². The van der Waals surface area contributed by atoms with Gasteiger partial charge < -0.3 is 0 Å². The van der Waals surface area contributed by atoms with Gasteiger partial charge in [0.2, 0.25) is 5.91 Å². The van der Waals surface area contributed by atoms with E-state index in [1.807, 2.05) is 0 Å². The largest absolute Gasteiger partial charge is 0.289 e. The molecule has 2 N–H and O–H groups in total. The summed E-state index contributed by atoms with van der Waals surface area (Å²) in [5.74, 6) is -0.874. The fourth-order valence-corrected chi connectivity index (χ4v) is 1.99. The van der Waals surface area contributed by atoms with E-state index in [2.05, 4.69) is 6.92 Å². The van der Waals surface area contributed by atoms with E-state index in [-0.39, 0.29) is 17.6 Å². The predicted octanol–water partition coefficient (Wildman–Crippen LogP) is 2.99. The van der Waals surface area contributed by atoms with Crippen molar-refractivity contribution in [1.82, 2.24) is 5.48 Å². The zero-order valence-electron chi connectivity index (χ0n) is 10.9. The highest BCUT2D eigenvalue weighted by molar-refractivity contribution is 5.77. The van der Waals surface area contributed by atoms with E-state index in [4.69, 9.17) is 5.21 Å². The summed E-state index contributed by atoms with van der Waals surface area (Å²) in [6, 6.07) is 4.85. The number of halogens is 1. The van der Waals surface area contributed by atoms with Crippen molar-refractivity contribution in [3.63, 3.8) is 0 Å². The average Bonchev–Trinajstić information content (AvgIpc) is 2.37. The Balaban J connectivity index is 2.75. The van der Waals surface area contributed by atoms with E-state index < -0.39 is 0 Å². The molecule has 4 heteroatoms. The zero-order chi connectivity index (χ0) is 13.5. The molecule has 1 atom stereocenters. The smallest absolute Gasteiger partial charge is 0.246 e. The first-order valence-electron chi connectivity index (χ1n) is 6.27. The standard InChI is InChI=1S/C14H20FNO2/c1-3-4-5-12(14(17)16-18)9-11-6-7-13(15)10(2)8-11/h6-8,12,18H,3-5,9H2,1-2H3,(H,16,17)/t12-/m1/s1. The first kappa shape index (κ1) is 14.6. The third-order valence-electron chi connectivity index (χ3n) is 3.09. The molecule has 3 nitrogen and oxygen atoms in total. The molecule has 0 saturated heterocycles. The molecule has 18 heavy (non-hydrogen) atoms. The van der Waals surface area contributed by atoms with Gasteiger partial charge in [-0.2, -0.15) is 0 Å². The maximum atomic E-state index is 13.1. The van der Waals surface area contributed by atoms with Crippen LogP contribution in [0.25, 0.3) is 0 Å². The SMILES string of the molecule is CCCC[C@H](Cc1ccc(F)c(C)c1)C(=O)NO. The van der Waals surface area contributed by atoms with Gasteiger partial charge in [-0.25, -0.2) is 9.87 Å². The average molecular weight is 253 g/mol. The summed E-state index contributed by atoms with van der Waals surface area (Å²) in [6.07, 6.45) is 3.17. The molecule has 0 heterocycles. The molecule has 0 bridgehead atoms. The molecule has 100 valence electrons. The first-order chi connectivity index (χ1) is 8.58. The van der Waals surface area contributed by atoms with Crippen molar-refractivity contribution in [2.24, 2.45) is 5.92 Å².